The molecular formula is C24H27N3O3S. The third kappa shape index (κ3) is 6.33. The summed E-state index contributed by atoms with van der Waals surface area (Å²) in [5, 5.41) is 5.88. The van der Waals surface area contributed by atoms with E-state index in [2.05, 4.69) is 22.8 Å². The number of carbonyl (C=O) groups excluding carboxylic acids is 1. The molecule has 2 N–H and O–H groups in total. The Morgan fingerprint density at radius 2 is 1.58 bits per heavy atom. The highest BCUT2D eigenvalue weighted by molar-refractivity contribution is 7.92. The number of benzene rings is 3. The van der Waals surface area contributed by atoms with Crippen molar-refractivity contribution in [1.29, 1.82) is 0 Å². The fourth-order valence-corrected chi connectivity index (χ4v) is 4.35. The number of hydrogen-bond acceptors (Lipinski definition) is 4. The number of nitrogens with one attached hydrogen (secondary N) is 2. The molecule has 0 atom stereocenters. The van der Waals surface area contributed by atoms with Crippen molar-refractivity contribution in [3.8, 4) is 0 Å². The Morgan fingerprint density at radius 1 is 0.903 bits per heavy atom. The van der Waals surface area contributed by atoms with Crippen molar-refractivity contribution in [3.63, 3.8) is 0 Å². The monoisotopic (exact) mass is 437 g/mol. The van der Waals surface area contributed by atoms with Crippen LogP contribution in [0.3, 0.4) is 0 Å². The second kappa shape index (κ2) is 10.6. The molecule has 0 aromatic heterocycles. The summed E-state index contributed by atoms with van der Waals surface area (Å²) in [5.74, 6) is -0.136. The summed E-state index contributed by atoms with van der Waals surface area (Å²) in [6.45, 7) is 0.662. The first kappa shape index (κ1) is 22.4. The lowest BCUT2D eigenvalue weighted by atomic mass is 10.1. The molecule has 0 aliphatic heterocycles. The summed E-state index contributed by atoms with van der Waals surface area (Å²) in [6, 6.07) is 25.5. The lowest BCUT2D eigenvalue weighted by Gasteiger charge is -2.20. The summed E-state index contributed by atoms with van der Waals surface area (Å²) in [5.41, 5.74) is 2.39. The van der Waals surface area contributed by atoms with E-state index in [0.29, 0.717) is 17.9 Å². The highest BCUT2D eigenvalue weighted by atomic mass is 32.2. The third-order valence-corrected chi connectivity index (χ3v) is 6.65. The minimum Gasteiger partial charge on any atom is -0.376 e. The standard InChI is InChI=1S/C24H27N3O3S/c1-27(22-14-6-3-7-15-22)31(29,30)23-16-8-13-21(18-23)26-19-24(28)25-17-9-12-20-10-4-2-5-11-20/h2-8,10-11,13-16,18,26H,9,12,17,19H2,1H3,(H,25,28). The second-order valence-electron chi connectivity index (χ2n) is 7.13. The predicted octanol–water partition coefficient (Wildman–Crippen LogP) is 3.67. The quantitative estimate of drug-likeness (QED) is 0.475. The van der Waals surface area contributed by atoms with Crippen molar-refractivity contribution in [2.24, 2.45) is 0 Å². The fraction of sp³-hybridized carbons (Fsp3) is 0.208. The number of nitrogens with zero attached hydrogens (tertiary/aromatic N) is 1. The molecule has 1 amide bonds. The van der Waals surface area contributed by atoms with Crippen molar-refractivity contribution >= 4 is 27.3 Å². The number of rotatable bonds is 10. The summed E-state index contributed by atoms with van der Waals surface area (Å²) < 4.78 is 27.1. The first-order chi connectivity index (χ1) is 15.0. The molecule has 0 radical (unpaired) electrons. The average Bonchev–Trinajstić information content (AvgIpc) is 2.81. The van der Waals surface area contributed by atoms with E-state index in [-0.39, 0.29) is 17.3 Å². The maximum absolute atomic E-state index is 12.9. The van der Waals surface area contributed by atoms with E-state index < -0.39 is 10.0 Å². The van der Waals surface area contributed by atoms with Gasteiger partial charge >= 0.3 is 0 Å². The van der Waals surface area contributed by atoms with Crippen LogP contribution in [0.25, 0.3) is 0 Å². The number of anilines is 2. The van der Waals surface area contributed by atoms with E-state index in [9.17, 15) is 13.2 Å². The van der Waals surface area contributed by atoms with Gasteiger partial charge in [-0.25, -0.2) is 8.42 Å². The van der Waals surface area contributed by atoms with Gasteiger partial charge in [0, 0.05) is 19.3 Å². The van der Waals surface area contributed by atoms with Gasteiger partial charge in [-0.05, 0) is 48.7 Å². The average molecular weight is 438 g/mol. The van der Waals surface area contributed by atoms with Crippen molar-refractivity contribution in [3.05, 3.63) is 90.5 Å². The zero-order chi connectivity index (χ0) is 22.1. The molecule has 0 fully saturated rings. The molecule has 0 saturated carbocycles. The van der Waals surface area contributed by atoms with Gasteiger partial charge in [0.05, 0.1) is 17.1 Å². The van der Waals surface area contributed by atoms with Gasteiger partial charge in [0.2, 0.25) is 5.91 Å². The molecular weight excluding hydrogens is 410 g/mol. The minimum absolute atomic E-state index is 0.0728. The highest BCUT2D eigenvalue weighted by Gasteiger charge is 2.21. The van der Waals surface area contributed by atoms with Crippen LogP contribution in [0.2, 0.25) is 0 Å². The summed E-state index contributed by atoms with van der Waals surface area (Å²) >= 11 is 0. The molecule has 0 heterocycles. The molecule has 7 heteroatoms. The maximum Gasteiger partial charge on any atom is 0.264 e. The van der Waals surface area contributed by atoms with Crippen LogP contribution in [0.1, 0.15) is 12.0 Å². The summed E-state index contributed by atoms with van der Waals surface area (Å²) in [4.78, 5) is 12.3. The SMILES string of the molecule is CN(c1ccccc1)S(=O)(=O)c1cccc(NCC(=O)NCCCc2ccccc2)c1. The molecule has 0 saturated heterocycles. The Kier molecular flexibility index (Phi) is 7.67. The van der Waals surface area contributed by atoms with Crippen LogP contribution in [0.5, 0.6) is 0 Å². The van der Waals surface area contributed by atoms with Crippen LogP contribution < -0.4 is 14.9 Å². The minimum atomic E-state index is -3.70. The molecule has 0 aliphatic carbocycles. The van der Waals surface area contributed by atoms with E-state index in [1.807, 2.05) is 24.3 Å². The Morgan fingerprint density at radius 3 is 2.29 bits per heavy atom. The lowest BCUT2D eigenvalue weighted by molar-refractivity contribution is -0.119. The molecule has 6 nitrogen and oxygen atoms in total. The van der Waals surface area contributed by atoms with Crippen molar-refractivity contribution in [2.75, 3.05) is 29.8 Å². The van der Waals surface area contributed by atoms with Gasteiger partial charge in [-0.1, -0.05) is 54.6 Å². The molecule has 162 valence electrons. The zero-order valence-electron chi connectivity index (χ0n) is 17.5. The summed E-state index contributed by atoms with van der Waals surface area (Å²) in [6.07, 6.45) is 1.76. The molecule has 0 bridgehead atoms. The topological polar surface area (TPSA) is 78.5 Å². The smallest absolute Gasteiger partial charge is 0.264 e. The molecule has 0 spiro atoms. The molecule has 3 aromatic rings. The van der Waals surface area contributed by atoms with E-state index in [0.717, 1.165) is 12.8 Å². The van der Waals surface area contributed by atoms with Crippen LogP contribution in [-0.4, -0.2) is 34.5 Å². The van der Waals surface area contributed by atoms with Crippen molar-refractivity contribution in [2.45, 2.75) is 17.7 Å². The Hall–Kier alpha value is -3.32. The summed E-state index contributed by atoms with van der Waals surface area (Å²) in [7, 11) is -2.18. The van der Waals surface area contributed by atoms with Gasteiger partial charge in [-0.15, -0.1) is 0 Å². The highest BCUT2D eigenvalue weighted by Crippen LogP contribution is 2.23. The Balaban J connectivity index is 1.51. The number of sulfonamides is 1. The van der Waals surface area contributed by atoms with Crippen molar-refractivity contribution in [1.82, 2.24) is 5.32 Å². The van der Waals surface area contributed by atoms with Crippen LogP contribution >= 0.6 is 0 Å². The van der Waals surface area contributed by atoms with Gasteiger partial charge in [-0.3, -0.25) is 9.10 Å². The number of aryl methyl sites for hydroxylation is 1. The first-order valence-electron chi connectivity index (χ1n) is 10.2. The molecule has 0 aliphatic rings. The molecule has 0 unspecified atom stereocenters. The predicted molar refractivity (Wildman–Crippen MR) is 125 cm³/mol. The van der Waals surface area contributed by atoms with Crippen LogP contribution in [-0.2, 0) is 21.2 Å². The van der Waals surface area contributed by atoms with Crippen LogP contribution in [0.4, 0.5) is 11.4 Å². The first-order valence-corrected chi connectivity index (χ1v) is 11.6. The molecule has 3 aromatic carbocycles. The number of para-hydroxylation sites is 1. The van der Waals surface area contributed by atoms with Gasteiger partial charge in [0.15, 0.2) is 0 Å². The normalized spacial score (nSPS) is 11.0. The van der Waals surface area contributed by atoms with E-state index >= 15 is 0 Å². The largest absolute Gasteiger partial charge is 0.376 e. The number of amides is 1. The van der Waals surface area contributed by atoms with Gasteiger partial charge in [0.1, 0.15) is 0 Å². The van der Waals surface area contributed by atoms with Crippen molar-refractivity contribution < 1.29 is 13.2 Å². The lowest BCUT2D eigenvalue weighted by Crippen LogP contribution is -2.31. The van der Waals surface area contributed by atoms with Gasteiger partial charge in [-0.2, -0.15) is 0 Å². The number of carbonyl (C=O) groups is 1. The second-order valence-corrected chi connectivity index (χ2v) is 9.10. The van der Waals surface area contributed by atoms with E-state index in [4.69, 9.17) is 0 Å². The molecule has 3 rings (SSSR count). The Labute approximate surface area is 184 Å². The van der Waals surface area contributed by atoms with Gasteiger partial charge < -0.3 is 10.6 Å². The van der Waals surface area contributed by atoms with E-state index in [1.54, 1.807) is 42.5 Å². The fourth-order valence-electron chi connectivity index (χ4n) is 3.11. The zero-order valence-corrected chi connectivity index (χ0v) is 18.3. The third-order valence-electron chi connectivity index (χ3n) is 4.87. The van der Waals surface area contributed by atoms with Gasteiger partial charge in [0.25, 0.3) is 10.0 Å². The number of hydrogen-bond donors (Lipinski definition) is 2. The molecule has 31 heavy (non-hydrogen) atoms. The van der Waals surface area contributed by atoms with E-state index in [1.165, 1.54) is 23.0 Å². The van der Waals surface area contributed by atoms with Crippen LogP contribution in [0, 0.1) is 0 Å². The maximum atomic E-state index is 12.9. The van der Waals surface area contributed by atoms with Crippen LogP contribution in [0.15, 0.2) is 89.8 Å². The Bertz CT molecular complexity index is 1090.